The van der Waals surface area contributed by atoms with E-state index in [2.05, 4.69) is 0 Å². The Balaban J connectivity index is 0.000000954. The van der Waals surface area contributed by atoms with E-state index in [4.69, 9.17) is 5.11 Å². The Morgan fingerprint density at radius 2 is 1.58 bits per heavy atom. The maximum atomic E-state index is 12.1. The van der Waals surface area contributed by atoms with Crippen molar-refractivity contribution in [2.24, 2.45) is 0 Å². The topological polar surface area (TPSA) is 54.4 Å². The molecule has 1 N–H and O–H groups in total. The van der Waals surface area contributed by atoms with Crippen LogP contribution in [-0.2, 0) is 10.8 Å². The smallest absolute Gasteiger partial charge is 0.448 e. The van der Waals surface area contributed by atoms with Crippen molar-refractivity contribution in [3.63, 3.8) is 0 Å². The number of hydrogen-bond donors (Lipinski definition) is 1. The third-order valence-corrected chi connectivity index (χ3v) is 2.59. The summed E-state index contributed by atoms with van der Waals surface area (Å²) in [5, 5.41) is 10.4. The molecule has 0 spiro atoms. The van der Waals surface area contributed by atoms with Crippen molar-refractivity contribution in [3.05, 3.63) is 59.9 Å². The van der Waals surface area contributed by atoms with Crippen molar-refractivity contribution in [2.45, 2.75) is 6.18 Å². The third-order valence-electron chi connectivity index (χ3n) is 2.59. The molecule has 2 aromatic rings. The molecule has 0 bridgehead atoms. The second kappa shape index (κ2) is 10.4. The number of alkyl halides is 3. The van der Waals surface area contributed by atoms with Gasteiger partial charge in [-0.2, -0.15) is 13.2 Å². The fourth-order valence-electron chi connectivity index (χ4n) is 1.63. The maximum absolute atomic E-state index is 12.1. The number of ketones is 1. The van der Waals surface area contributed by atoms with Gasteiger partial charge in [0.1, 0.15) is 0 Å². The summed E-state index contributed by atoms with van der Waals surface area (Å²) in [6.07, 6.45) is -1.45. The maximum Gasteiger partial charge on any atom is 0.448 e. The Morgan fingerprint density at radius 1 is 1.08 bits per heavy atom. The molecule has 0 aliphatic heterocycles. The molecule has 24 heavy (non-hydrogen) atoms. The van der Waals surface area contributed by atoms with E-state index in [-0.39, 0.29) is 61.0 Å². The molecule has 0 saturated heterocycles. The number of rotatable bonds is 2. The first-order chi connectivity index (χ1) is 10.6. The van der Waals surface area contributed by atoms with Crippen LogP contribution in [0.1, 0.15) is 10.4 Å². The van der Waals surface area contributed by atoms with E-state index in [0.29, 0.717) is 0 Å². The number of fused-ring (bicyclic) bond motifs is 1. The quantitative estimate of drug-likeness (QED) is 0.389. The molecule has 0 saturated carbocycles. The minimum absolute atomic E-state index is 0. The zero-order valence-electron chi connectivity index (χ0n) is 12.8. The molecule has 8 heteroatoms. The summed E-state index contributed by atoms with van der Waals surface area (Å²) in [4.78, 5) is 11.6. The van der Waals surface area contributed by atoms with Crippen LogP contribution in [0.3, 0.4) is 0 Å². The minimum atomic E-state index is -4.91. The van der Waals surface area contributed by atoms with Crippen LogP contribution in [0.4, 0.5) is 13.2 Å². The number of carbonyl (C=O) groups excluding carboxylic acids is 1. The molecule has 2 rings (SSSR count). The SMILES string of the molecule is CS(C)=O.O=C(/C=C(\O)C(F)(F)F)c1ccc2ccccc2c1.[Eu]. The van der Waals surface area contributed by atoms with E-state index in [0.717, 1.165) is 10.8 Å². The van der Waals surface area contributed by atoms with Gasteiger partial charge in [-0.05, 0) is 16.8 Å². The van der Waals surface area contributed by atoms with Crippen LogP contribution in [0.5, 0.6) is 0 Å². The summed E-state index contributed by atoms with van der Waals surface area (Å²) in [5.74, 6) is -2.79. The van der Waals surface area contributed by atoms with Gasteiger partial charge in [-0.15, -0.1) is 0 Å². The summed E-state index contributed by atoms with van der Waals surface area (Å²) in [6.45, 7) is 0. The van der Waals surface area contributed by atoms with Crippen molar-refractivity contribution in [1.29, 1.82) is 0 Å². The summed E-state index contributed by atoms with van der Waals surface area (Å²) < 4.78 is 45.9. The number of hydrogen-bond acceptors (Lipinski definition) is 3. The molecule has 2 aromatic carbocycles. The van der Waals surface area contributed by atoms with Gasteiger partial charge in [0.25, 0.3) is 0 Å². The van der Waals surface area contributed by atoms with Gasteiger partial charge in [-0.3, -0.25) is 9.00 Å². The Bertz CT molecular complexity index is 754. The zero-order chi connectivity index (χ0) is 17.6. The van der Waals surface area contributed by atoms with Crippen LogP contribution >= 0.6 is 0 Å². The number of allylic oxidation sites excluding steroid dienone is 2. The minimum Gasteiger partial charge on any atom is -0.504 e. The number of benzene rings is 2. The van der Waals surface area contributed by atoms with Gasteiger partial charge in [-0.1, -0.05) is 36.4 Å². The zero-order valence-corrected chi connectivity index (χ0v) is 16.0. The molecule has 0 amide bonds. The summed E-state index contributed by atoms with van der Waals surface area (Å²) in [7, 11) is -0.611. The van der Waals surface area contributed by atoms with Crippen LogP contribution in [0, 0.1) is 49.4 Å². The Kier molecular flexibility index (Phi) is 10.2. The van der Waals surface area contributed by atoms with Gasteiger partial charge in [0, 0.05) is 84.3 Å². The molecular weight excluding hydrogens is 481 g/mol. The summed E-state index contributed by atoms with van der Waals surface area (Å²) in [6, 6.07) is 11.7. The van der Waals surface area contributed by atoms with Crippen LogP contribution in [0.25, 0.3) is 10.8 Å². The normalized spacial score (nSPS) is 11.5. The Morgan fingerprint density at radius 3 is 2.08 bits per heavy atom. The summed E-state index contributed by atoms with van der Waals surface area (Å²) >= 11 is 0. The van der Waals surface area contributed by atoms with Crippen molar-refractivity contribution in [3.8, 4) is 0 Å². The van der Waals surface area contributed by atoms with Crippen molar-refractivity contribution in [1.82, 2.24) is 0 Å². The first-order valence-corrected chi connectivity index (χ1v) is 8.34. The second-order valence-electron chi connectivity index (χ2n) is 4.70. The van der Waals surface area contributed by atoms with Crippen LogP contribution in [0.15, 0.2) is 54.3 Å². The number of aliphatic hydroxyl groups excluding tert-OH is 1. The van der Waals surface area contributed by atoms with Crippen LogP contribution in [0.2, 0.25) is 0 Å². The van der Waals surface area contributed by atoms with Gasteiger partial charge in [0.2, 0.25) is 5.76 Å². The van der Waals surface area contributed by atoms with Crippen molar-refractivity contribution >= 4 is 27.4 Å². The van der Waals surface area contributed by atoms with E-state index in [1.54, 1.807) is 30.7 Å². The number of aliphatic hydroxyl groups is 1. The first-order valence-electron chi connectivity index (χ1n) is 6.37. The van der Waals surface area contributed by atoms with E-state index >= 15 is 0 Å². The first kappa shape index (κ1) is 23.4. The molecule has 0 aliphatic rings. The Hall–Kier alpha value is -0.566. The molecule has 131 valence electrons. The van der Waals surface area contributed by atoms with Gasteiger partial charge < -0.3 is 5.11 Å². The molecular formula is C16H15EuF3O3S. The van der Waals surface area contributed by atoms with E-state index in [9.17, 15) is 22.2 Å². The van der Waals surface area contributed by atoms with Crippen molar-refractivity contribution < 1.29 is 76.7 Å². The number of carbonyl (C=O) groups is 1. The third kappa shape index (κ3) is 8.01. The van der Waals surface area contributed by atoms with E-state index in [1.165, 1.54) is 12.1 Å². The fraction of sp³-hybridized carbons (Fsp3) is 0.188. The second-order valence-corrected chi connectivity index (χ2v) is 6.18. The average molecular weight is 496 g/mol. The average Bonchev–Trinajstić information content (AvgIpc) is 2.45. The molecule has 0 unspecified atom stereocenters. The Labute approximate surface area is 180 Å². The molecule has 3 nitrogen and oxygen atoms in total. The molecule has 0 aromatic heterocycles. The molecule has 1 radical (unpaired) electrons. The van der Waals surface area contributed by atoms with Crippen molar-refractivity contribution in [2.75, 3.05) is 12.5 Å². The monoisotopic (exact) mass is 497 g/mol. The molecule has 0 aliphatic carbocycles. The van der Waals surface area contributed by atoms with Gasteiger partial charge >= 0.3 is 6.18 Å². The molecule has 0 fully saturated rings. The van der Waals surface area contributed by atoms with Gasteiger partial charge in [0.15, 0.2) is 5.78 Å². The standard InChI is InChI=1S/C14H9F3O2.C2H6OS.Eu/c15-14(16,17)13(19)8-12(18)11-6-5-9-3-1-2-4-10(9)7-11;1-4(2)3;/h1-8,19H;1-2H3;/b13-8-;;. The summed E-state index contributed by atoms with van der Waals surface area (Å²) in [5.41, 5.74) is 0.0921. The van der Waals surface area contributed by atoms with Gasteiger partial charge in [-0.25, -0.2) is 0 Å². The van der Waals surface area contributed by atoms with E-state index in [1.807, 2.05) is 12.1 Å². The predicted molar refractivity (Wildman–Crippen MR) is 85.0 cm³/mol. The van der Waals surface area contributed by atoms with E-state index < -0.39 is 28.5 Å². The van der Waals surface area contributed by atoms with Crippen LogP contribution < -0.4 is 0 Å². The fourth-order valence-corrected chi connectivity index (χ4v) is 1.63. The number of halogens is 3. The molecule has 0 heterocycles. The largest absolute Gasteiger partial charge is 0.504 e. The molecule has 0 atom stereocenters. The predicted octanol–water partition coefficient (Wildman–Crippen LogP) is 4.02. The van der Waals surface area contributed by atoms with Gasteiger partial charge in [0.05, 0.1) is 0 Å². The van der Waals surface area contributed by atoms with Crippen LogP contribution in [-0.4, -0.2) is 33.8 Å².